The van der Waals surface area contributed by atoms with E-state index in [-0.39, 0.29) is 24.0 Å². The number of anilines is 1. The van der Waals surface area contributed by atoms with Crippen molar-refractivity contribution in [2.75, 3.05) is 30.2 Å². The van der Waals surface area contributed by atoms with Crippen LogP contribution in [0.25, 0.3) is 0 Å². The van der Waals surface area contributed by atoms with Crippen LogP contribution < -0.4 is 4.90 Å². The van der Waals surface area contributed by atoms with Crippen molar-refractivity contribution in [2.24, 2.45) is 5.41 Å². The molecule has 0 radical (unpaired) electrons. The fourth-order valence-electron chi connectivity index (χ4n) is 4.88. The number of H-pyrrole nitrogens is 2. The minimum atomic E-state index is -1.26. The van der Waals surface area contributed by atoms with E-state index in [1.54, 1.807) is 16.7 Å². The summed E-state index contributed by atoms with van der Waals surface area (Å²) < 4.78 is 6.15. The molecule has 37 heavy (non-hydrogen) atoms. The monoisotopic (exact) mass is 539 g/mol. The van der Waals surface area contributed by atoms with Crippen LogP contribution in [-0.2, 0) is 17.6 Å². The summed E-state index contributed by atoms with van der Waals surface area (Å²) in [5.41, 5.74) is 5.63. The maximum Gasteiger partial charge on any atom is 0.281 e. The molecule has 0 saturated carbocycles. The van der Waals surface area contributed by atoms with Crippen molar-refractivity contribution >= 4 is 31.4 Å². The number of thioether (sulfide) groups is 1. The lowest BCUT2D eigenvalue weighted by molar-refractivity contribution is 0.0894. The van der Waals surface area contributed by atoms with Crippen molar-refractivity contribution in [3.63, 3.8) is 0 Å². The van der Waals surface area contributed by atoms with E-state index in [9.17, 15) is 4.79 Å². The number of carbonyl (C=O) groups excluding carboxylic acids is 1. The second kappa shape index (κ2) is 11.6. The highest BCUT2D eigenvalue weighted by Crippen LogP contribution is 2.37. The van der Waals surface area contributed by atoms with E-state index >= 15 is 0 Å². The highest BCUT2D eigenvalue weighted by atomic mass is 32.2. The second-order valence-corrected chi connectivity index (χ2v) is 18.6. The van der Waals surface area contributed by atoms with Crippen LogP contribution in [-0.4, -0.2) is 59.7 Å². The molecule has 2 N–H and O–H groups in total. The van der Waals surface area contributed by atoms with Crippen LogP contribution in [0.1, 0.15) is 59.2 Å². The molecule has 7 nitrogen and oxygen atoms in total. The summed E-state index contributed by atoms with van der Waals surface area (Å²) in [6.45, 7) is 12.3. The Balaban J connectivity index is 1.68. The smallest absolute Gasteiger partial charge is 0.281 e. The lowest BCUT2D eigenvalue weighted by Gasteiger charge is -2.29. The van der Waals surface area contributed by atoms with Crippen molar-refractivity contribution in [3.05, 3.63) is 64.7 Å². The van der Waals surface area contributed by atoms with E-state index in [2.05, 4.69) is 84.4 Å². The van der Waals surface area contributed by atoms with E-state index in [0.29, 0.717) is 12.3 Å². The van der Waals surface area contributed by atoms with E-state index in [4.69, 9.17) is 4.74 Å². The number of hydrogen-bond donors (Lipinski definition) is 2. The van der Waals surface area contributed by atoms with Crippen LogP contribution in [0.5, 0.6) is 0 Å². The van der Waals surface area contributed by atoms with Crippen molar-refractivity contribution in [1.29, 1.82) is 0 Å². The Morgan fingerprint density at radius 3 is 2.68 bits per heavy atom. The fourth-order valence-corrected chi connectivity index (χ4v) is 6.32. The second-order valence-electron chi connectivity index (χ2n) is 12.0. The molecule has 9 heteroatoms. The minimum Gasteiger partial charge on any atom is -0.361 e. The molecule has 200 valence electrons. The fraction of sp³-hybridized carbons (Fsp3) is 0.536. The lowest BCUT2D eigenvalue weighted by Crippen LogP contribution is -2.36. The van der Waals surface area contributed by atoms with Gasteiger partial charge in [0.05, 0.1) is 11.4 Å². The van der Waals surface area contributed by atoms with Crippen LogP contribution in [0.4, 0.5) is 5.69 Å². The third kappa shape index (κ3) is 6.75. The lowest BCUT2D eigenvalue weighted by atomic mass is 9.76. The van der Waals surface area contributed by atoms with Gasteiger partial charge in [-0.1, -0.05) is 63.8 Å². The number of nitrogens with zero attached hydrogens (tertiary/aromatic N) is 3. The van der Waals surface area contributed by atoms with Gasteiger partial charge in [-0.3, -0.25) is 19.9 Å². The zero-order valence-corrected chi connectivity index (χ0v) is 24.9. The normalized spacial score (nSPS) is 15.8. The molecule has 0 aliphatic heterocycles. The minimum absolute atomic E-state index is 0.0450. The summed E-state index contributed by atoms with van der Waals surface area (Å²) in [4.78, 5) is 15.9. The maximum atomic E-state index is 14.1. The predicted molar refractivity (Wildman–Crippen MR) is 155 cm³/mol. The summed E-state index contributed by atoms with van der Waals surface area (Å²) in [6, 6.07) is 11.4. The van der Waals surface area contributed by atoms with Gasteiger partial charge in [-0.2, -0.15) is 22.0 Å². The number of aromatic amines is 2. The summed E-state index contributed by atoms with van der Waals surface area (Å²) in [5.74, 6) is 0.764. The van der Waals surface area contributed by atoms with Crippen LogP contribution >= 0.6 is 11.8 Å². The van der Waals surface area contributed by atoms with Gasteiger partial charge in [0.1, 0.15) is 6.73 Å². The Kier molecular flexibility index (Phi) is 8.65. The molecule has 1 aromatic carbocycles. The van der Waals surface area contributed by atoms with Gasteiger partial charge in [0, 0.05) is 43.8 Å². The molecular formula is C28H41N5O2SSi. The first-order chi connectivity index (χ1) is 17.6. The SMILES string of the molecule is CSCC(c1ccccc1)c1n[nH]cc1N(COCC[Si](C)(C)C)C(=O)c1n[nH]c2c1CCC(C)(C)C2. The molecule has 4 rings (SSSR count). The Bertz CT molecular complexity index is 1180. The first-order valence-corrected chi connectivity index (χ1v) is 18.2. The Morgan fingerprint density at radius 2 is 1.97 bits per heavy atom. The number of fused-ring (bicyclic) bond motifs is 1. The van der Waals surface area contributed by atoms with Crippen LogP contribution in [0.3, 0.4) is 0 Å². The molecule has 3 aromatic rings. The van der Waals surface area contributed by atoms with E-state index in [0.717, 1.165) is 53.7 Å². The summed E-state index contributed by atoms with van der Waals surface area (Å²) >= 11 is 1.77. The Hall–Kier alpha value is -2.36. The third-order valence-electron chi connectivity index (χ3n) is 7.13. The quantitative estimate of drug-likeness (QED) is 0.175. The van der Waals surface area contributed by atoms with Gasteiger partial charge in [-0.05, 0) is 42.5 Å². The zero-order chi connectivity index (χ0) is 26.6. The number of ether oxygens (including phenoxy) is 1. The average molecular weight is 540 g/mol. The maximum absolute atomic E-state index is 14.1. The third-order valence-corrected chi connectivity index (χ3v) is 9.50. The molecule has 1 aliphatic carbocycles. The number of carbonyl (C=O) groups is 1. The van der Waals surface area contributed by atoms with Crippen molar-refractivity contribution < 1.29 is 9.53 Å². The highest BCUT2D eigenvalue weighted by Gasteiger charge is 2.34. The number of aromatic nitrogens is 4. The highest BCUT2D eigenvalue weighted by molar-refractivity contribution is 7.98. The average Bonchev–Trinajstić information content (AvgIpc) is 3.48. The molecule has 2 heterocycles. The first kappa shape index (κ1) is 27.7. The zero-order valence-electron chi connectivity index (χ0n) is 23.1. The van der Waals surface area contributed by atoms with Crippen molar-refractivity contribution in [3.8, 4) is 0 Å². The van der Waals surface area contributed by atoms with Crippen molar-refractivity contribution in [2.45, 2.75) is 64.7 Å². The topological polar surface area (TPSA) is 86.9 Å². The van der Waals surface area contributed by atoms with Crippen LogP contribution in [0, 0.1) is 5.41 Å². The van der Waals surface area contributed by atoms with Gasteiger partial charge in [0.25, 0.3) is 5.91 Å². The standard InChI is InChI=1S/C28H41N5O2SSi/c1-28(2)13-12-21-23(16-28)30-32-26(21)27(34)33(19-35-14-15-37(4,5)6)24-17-29-31-25(24)22(18-36-3)20-10-8-7-9-11-20/h7-11,17,22H,12-16,18-19H2,1-6H3,(H,29,31)(H,30,32). The molecule has 2 aromatic heterocycles. The first-order valence-electron chi connectivity index (χ1n) is 13.1. The molecule has 1 atom stereocenters. The van der Waals surface area contributed by atoms with Gasteiger partial charge in [-0.15, -0.1) is 0 Å². The van der Waals surface area contributed by atoms with E-state index < -0.39 is 8.07 Å². The Morgan fingerprint density at radius 1 is 1.22 bits per heavy atom. The number of nitrogens with one attached hydrogen (secondary N) is 2. The molecule has 0 fully saturated rings. The van der Waals surface area contributed by atoms with Gasteiger partial charge < -0.3 is 4.74 Å². The summed E-state index contributed by atoms with van der Waals surface area (Å²) in [6.07, 6.45) is 6.71. The van der Waals surface area contributed by atoms with Gasteiger partial charge in [0.15, 0.2) is 5.69 Å². The van der Waals surface area contributed by atoms with Crippen molar-refractivity contribution in [1.82, 2.24) is 20.4 Å². The summed E-state index contributed by atoms with van der Waals surface area (Å²) in [7, 11) is -1.26. The van der Waals surface area contributed by atoms with Crippen LogP contribution in [0.2, 0.25) is 25.7 Å². The number of hydrogen-bond acceptors (Lipinski definition) is 5. The number of rotatable bonds is 11. The van der Waals surface area contributed by atoms with Gasteiger partial charge >= 0.3 is 0 Å². The van der Waals surface area contributed by atoms with Gasteiger partial charge in [-0.25, -0.2) is 0 Å². The van der Waals surface area contributed by atoms with Crippen LogP contribution in [0.15, 0.2) is 36.5 Å². The molecule has 0 saturated heterocycles. The molecule has 1 aliphatic rings. The molecule has 1 amide bonds. The molecule has 0 bridgehead atoms. The predicted octanol–water partition coefficient (Wildman–Crippen LogP) is 6.10. The Labute approximate surface area is 226 Å². The molecule has 1 unspecified atom stereocenters. The summed E-state index contributed by atoms with van der Waals surface area (Å²) in [5, 5.41) is 15.4. The van der Waals surface area contributed by atoms with E-state index in [1.165, 1.54) is 5.56 Å². The number of amides is 1. The van der Waals surface area contributed by atoms with Gasteiger partial charge in [0.2, 0.25) is 0 Å². The molecule has 0 spiro atoms. The number of benzene rings is 1. The largest absolute Gasteiger partial charge is 0.361 e. The molecular weight excluding hydrogens is 498 g/mol. The van der Waals surface area contributed by atoms with E-state index in [1.807, 2.05) is 12.3 Å².